The van der Waals surface area contributed by atoms with Gasteiger partial charge in [0.05, 0.1) is 16.8 Å². The highest BCUT2D eigenvalue weighted by Crippen LogP contribution is 2.35. The summed E-state index contributed by atoms with van der Waals surface area (Å²) in [6.07, 6.45) is 5.30. The predicted octanol–water partition coefficient (Wildman–Crippen LogP) is 4.72. The van der Waals surface area contributed by atoms with Crippen LogP contribution in [0.5, 0.6) is 0 Å². The maximum Gasteiger partial charge on any atom is 0.161 e. The topological polar surface area (TPSA) is 24.4 Å². The molecule has 2 atom stereocenters. The van der Waals surface area contributed by atoms with Crippen LogP contribution in [0.4, 0.5) is 5.69 Å². The summed E-state index contributed by atoms with van der Waals surface area (Å²) in [5.74, 6) is 1.98. The Morgan fingerprint density at radius 1 is 1.32 bits per heavy atom. The van der Waals surface area contributed by atoms with Crippen LogP contribution in [0.3, 0.4) is 0 Å². The minimum atomic E-state index is 0.529. The van der Waals surface area contributed by atoms with Gasteiger partial charge in [-0.25, -0.2) is 0 Å². The Morgan fingerprint density at radius 2 is 2.16 bits per heavy atom. The standard InChI is InChI=1S/C15H19ClN2S/c1-10-6-7-14(12(16)8-10)18-15-17-13-5-3-2-4-11(13)9-19-15/h6-8,11,13H,2-5,9H2,1H3,(H,17,18). The number of benzene rings is 1. The van der Waals surface area contributed by atoms with E-state index in [1.807, 2.05) is 23.9 Å². The van der Waals surface area contributed by atoms with Crippen molar-refractivity contribution in [2.75, 3.05) is 11.1 Å². The molecule has 1 fully saturated rings. The lowest BCUT2D eigenvalue weighted by Crippen LogP contribution is -2.31. The Balaban J connectivity index is 1.74. The predicted molar refractivity (Wildman–Crippen MR) is 85.5 cm³/mol. The molecule has 1 heterocycles. The molecule has 1 N–H and O–H groups in total. The van der Waals surface area contributed by atoms with Crippen LogP contribution in [0.15, 0.2) is 23.2 Å². The molecule has 1 saturated carbocycles. The van der Waals surface area contributed by atoms with Crippen LogP contribution in [0.1, 0.15) is 31.2 Å². The number of nitrogens with one attached hydrogen (secondary N) is 1. The van der Waals surface area contributed by atoms with Gasteiger partial charge in [0.15, 0.2) is 5.17 Å². The van der Waals surface area contributed by atoms with Crippen molar-refractivity contribution in [1.29, 1.82) is 0 Å². The lowest BCUT2D eigenvalue weighted by molar-refractivity contribution is 0.336. The molecule has 0 aromatic heterocycles. The van der Waals surface area contributed by atoms with Gasteiger partial charge in [0, 0.05) is 5.75 Å². The number of fused-ring (bicyclic) bond motifs is 1. The summed E-state index contributed by atoms with van der Waals surface area (Å²) in [4.78, 5) is 4.87. The van der Waals surface area contributed by atoms with E-state index < -0.39 is 0 Å². The largest absolute Gasteiger partial charge is 0.334 e. The van der Waals surface area contributed by atoms with Crippen molar-refractivity contribution in [3.63, 3.8) is 0 Å². The number of rotatable bonds is 1. The third kappa shape index (κ3) is 3.09. The van der Waals surface area contributed by atoms with Crippen LogP contribution in [-0.2, 0) is 0 Å². The molecule has 2 aliphatic rings. The molecule has 2 nitrogen and oxygen atoms in total. The molecule has 0 spiro atoms. The van der Waals surface area contributed by atoms with Crippen LogP contribution in [0.25, 0.3) is 0 Å². The van der Waals surface area contributed by atoms with Crippen molar-refractivity contribution in [1.82, 2.24) is 0 Å². The quantitative estimate of drug-likeness (QED) is 0.810. The molecule has 3 rings (SSSR count). The fourth-order valence-corrected chi connectivity index (χ4v) is 4.27. The van der Waals surface area contributed by atoms with Gasteiger partial charge in [-0.2, -0.15) is 0 Å². The van der Waals surface area contributed by atoms with Gasteiger partial charge in [0.2, 0.25) is 0 Å². The highest BCUT2D eigenvalue weighted by atomic mass is 35.5. The summed E-state index contributed by atoms with van der Waals surface area (Å²) in [7, 11) is 0. The number of hydrogen-bond acceptors (Lipinski definition) is 3. The zero-order valence-corrected chi connectivity index (χ0v) is 12.7. The van der Waals surface area contributed by atoms with E-state index in [1.54, 1.807) is 0 Å². The normalized spacial score (nSPS) is 26.5. The first-order valence-electron chi connectivity index (χ1n) is 6.96. The molecular weight excluding hydrogens is 276 g/mol. The Labute approximate surface area is 124 Å². The summed E-state index contributed by atoms with van der Waals surface area (Å²) in [5, 5.41) is 5.20. The third-order valence-electron chi connectivity index (χ3n) is 3.95. The van der Waals surface area contributed by atoms with Crippen LogP contribution >= 0.6 is 23.4 Å². The van der Waals surface area contributed by atoms with Gasteiger partial charge in [0.1, 0.15) is 0 Å². The van der Waals surface area contributed by atoms with E-state index >= 15 is 0 Å². The van der Waals surface area contributed by atoms with E-state index in [0.29, 0.717) is 6.04 Å². The molecule has 102 valence electrons. The Kier molecular flexibility index (Phi) is 4.04. The van der Waals surface area contributed by atoms with Gasteiger partial charge in [-0.3, -0.25) is 4.99 Å². The van der Waals surface area contributed by atoms with Crippen LogP contribution in [-0.4, -0.2) is 17.0 Å². The summed E-state index contributed by atoms with van der Waals surface area (Å²) in [5.41, 5.74) is 2.15. The molecule has 0 bridgehead atoms. The van der Waals surface area contributed by atoms with Crippen molar-refractivity contribution in [2.45, 2.75) is 38.6 Å². The van der Waals surface area contributed by atoms with E-state index in [4.69, 9.17) is 16.6 Å². The number of amidine groups is 1. The lowest BCUT2D eigenvalue weighted by atomic mass is 9.86. The first-order chi connectivity index (χ1) is 9.22. The van der Waals surface area contributed by atoms with Crippen LogP contribution in [0.2, 0.25) is 5.02 Å². The van der Waals surface area contributed by atoms with Gasteiger partial charge in [0.25, 0.3) is 0 Å². The molecule has 19 heavy (non-hydrogen) atoms. The highest BCUT2D eigenvalue weighted by Gasteiger charge is 2.29. The minimum absolute atomic E-state index is 0.529. The number of aliphatic imine (C=N–C) groups is 1. The molecule has 0 amide bonds. The average molecular weight is 295 g/mol. The van der Waals surface area contributed by atoms with E-state index in [0.717, 1.165) is 21.8 Å². The van der Waals surface area contributed by atoms with Crippen molar-refractivity contribution in [3.05, 3.63) is 28.8 Å². The summed E-state index contributed by atoms with van der Waals surface area (Å²) in [6, 6.07) is 6.63. The molecule has 1 aromatic rings. The second kappa shape index (κ2) is 5.76. The summed E-state index contributed by atoms with van der Waals surface area (Å²) in [6.45, 7) is 2.05. The Morgan fingerprint density at radius 3 is 3.00 bits per heavy atom. The van der Waals surface area contributed by atoms with Crippen LogP contribution in [0, 0.1) is 12.8 Å². The second-order valence-electron chi connectivity index (χ2n) is 5.47. The lowest BCUT2D eigenvalue weighted by Gasteiger charge is -2.32. The van der Waals surface area contributed by atoms with Crippen molar-refractivity contribution < 1.29 is 0 Å². The van der Waals surface area contributed by atoms with E-state index in [9.17, 15) is 0 Å². The molecule has 1 aliphatic carbocycles. The number of hydrogen-bond donors (Lipinski definition) is 1. The monoisotopic (exact) mass is 294 g/mol. The van der Waals surface area contributed by atoms with Crippen molar-refractivity contribution in [3.8, 4) is 0 Å². The number of anilines is 1. The Hall–Kier alpha value is -0.670. The number of aryl methyl sites for hydroxylation is 1. The summed E-state index contributed by atoms with van der Waals surface area (Å²) < 4.78 is 0. The van der Waals surface area contributed by atoms with Crippen molar-refractivity contribution >= 4 is 34.2 Å². The molecule has 0 saturated heterocycles. The SMILES string of the molecule is Cc1ccc(NC2=NC3CCCCC3CS2)c(Cl)c1. The second-order valence-corrected chi connectivity index (χ2v) is 6.88. The first kappa shape index (κ1) is 13.3. The maximum absolute atomic E-state index is 6.26. The summed E-state index contributed by atoms with van der Waals surface area (Å²) >= 11 is 8.10. The molecule has 4 heteroatoms. The fraction of sp³-hybridized carbons (Fsp3) is 0.533. The minimum Gasteiger partial charge on any atom is -0.334 e. The van der Waals surface area contributed by atoms with Gasteiger partial charge in [-0.15, -0.1) is 0 Å². The molecule has 0 radical (unpaired) electrons. The molecule has 1 aromatic carbocycles. The fourth-order valence-electron chi connectivity index (χ4n) is 2.83. The van der Waals surface area contributed by atoms with Gasteiger partial charge >= 0.3 is 0 Å². The van der Waals surface area contributed by atoms with Gasteiger partial charge < -0.3 is 5.32 Å². The zero-order valence-electron chi connectivity index (χ0n) is 11.2. The van der Waals surface area contributed by atoms with Crippen LogP contribution < -0.4 is 5.32 Å². The maximum atomic E-state index is 6.26. The zero-order chi connectivity index (χ0) is 13.2. The smallest absolute Gasteiger partial charge is 0.161 e. The van der Waals surface area contributed by atoms with Crippen molar-refractivity contribution in [2.24, 2.45) is 10.9 Å². The first-order valence-corrected chi connectivity index (χ1v) is 8.32. The number of nitrogens with zero attached hydrogens (tertiary/aromatic N) is 1. The Bertz CT molecular complexity index is 501. The highest BCUT2D eigenvalue weighted by molar-refractivity contribution is 8.14. The average Bonchev–Trinajstić information content (AvgIpc) is 2.42. The van der Waals surface area contributed by atoms with E-state index in [1.165, 1.54) is 37.0 Å². The van der Waals surface area contributed by atoms with E-state index in [-0.39, 0.29) is 0 Å². The molecular formula is C15H19ClN2S. The van der Waals surface area contributed by atoms with Gasteiger partial charge in [-0.05, 0) is 43.4 Å². The van der Waals surface area contributed by atoms with E-state index in [2.05, 4.69) is 18.3 Å². The molecule has 1 aliphatic heterocycles. The number of thioether (sulfide) groups is 1. The number of halogens is 1. The third-order valence-corrected chi connectivity index (χ3v) is 5.34. The molecule has 2 unspecified atom stereocenters. The van der Waals surface area contributed by atoms with Gasteiger partial charge in [-0.1, -0.05) is 42.3 Å².